The van der Waals surface area contributed by atoms with E-state index in [0.717, 1.165) is 36.7 Å². The van der Waals surface area contributed by atoms with Crippen LogP contribution in [-0.2, 0) is 0 Å². The number of rotatable bonds is 2. The van der Waals surface area contributed by atoms with Crippen LogP contribution in [0.15, 0.2) is 24.4 Å². The van der Waals surface area contributed by atoms with Crippen molar-refractivity contribution in [3.63, 3.8) is 0 Å². The van der Waals surface area contributed by atoms with Crippen LogP contribution in [0.1, 0.15) is 32.1 Å². The molecule has 1 aliphatic carbocycles. The molecule has 0 unspecified atom stereocenters. The number of nitrogens with one attached hydrogen (secondary N) is 2. The van der Waals surface area contributed by atoms with Crippen molar-refractivity contribution in [1.82, 2.24) is 25.5 Å². The molecule has 1 saturated heterocycles. The lowest BCUT2D eigenvalue weighted by atomic mass is 9.91. The smallest absolute Gasteiger partial charge is 0.202 e. The van der Waals surface area contributed by atoms with Crippen LogP contribution < -0.4 is 10.2 Å². The van der Waals surface area contributed by atoms with Gasteiger partial charge in [0, 0.05) is 17.6 Å². The lowest BCUT2D eigenvalue weighted by Gasteiger charge is -2.41. The minimum Gasteiger partial charge on any atom is -0.342 e. The average Bonchev–Trinajstić information content (AvgIpc) is 3.31. The number of nitrogens with zero attached hydrogens (tertiary/aromatic N) is 4. The molecule has 140 valence electrons. The number of halogens is 2. The molecule has 1 saturated carbocycles. The fourth-order valence-corrected chi connectivity index (χ4v) is 4.67. The van der Waals surface area contributed by atoms with Crippen molar-refractivity contribution < 1.29 is 0 Å². The first-order valence-electron chi connectivity index (χ1n) is 9.31. The second-order valence-corrected chi connectivity index (χ2v) is 8.22. The van der Waals surface area contributed by atoms with Crippen LogP contribution in [0.3, 0.4) is 0 Å². The van der Waals surface area contributed by atoms with E-state index in [4.69, 9.17) is 28.2 Å². The molecule has 0 bridgehead atoms. The quantitative estimate of drug-likeness (QED) is 0.664. The normalized spacial score (nSPS) is 19.3. The molecule has 0 amide bonds. The largest absolute Gasteiger partial charge is 0.342 e. The van der Waals surface area contributed by atoms with E-state index in [1.54, 1.807) is 6.07 Å². The van der Waals surface area contributed by atoms with Crippen molar-refractivity contribution in [2.45, 2.75) is 37.6 Å². The number of aromatic amines is 1. The van der Waals surface area contributed by atoms with E-state index >= 15 is 0 Å². The van der Waals surface area contributed by atoms with Crippen molar-refractivity contribution in [3.05, 3.63) is 34.4 Å². The molecule has 2 fully saturated rings. The number of H-pyrrole nitrogens is 1. The maximum Gasteiger partial charge on any atom is 0.202 e. The van der Waals surface area contributed by atoms with Crippen molar-refractivity contribution in [2.24, 2.45) is 0 Å². The molecule has 3 heterocycles. The highest BCUT2D eigenvalue weighted by atomic mass is 35.5. The Hall–Kier alpha value is -1.89. The summed E-state index contributed by atoms with van der Waals surface area (Å²) in [6.07, 6.45) is 8.20. The highest BCUT2D eigenvalue weighted by Crippen LogP contribution is 2.37. The van der Waals surface area contributed by atoms with Crippen LogP contribution in [0.4, 0.5) is 5.82 Å². The highest BCUT2D eigenvalue weighted by molar-refractivity contribution is 6.43. The molecule has 0 atom stereocenters. The number of hydrogen-bond acceptors (Lipinski definition) is 5. The maximum absolute atomic E-state index is 6.35. The summed E-state index contributed by atoms with van der Waals surface area (Å²) in [5.74, 6) is 0.845. The van der Waals surface area contributed by atoms with Gasteiger partial charge in [0.2, 0.25) is 5.65 Å². The monoisotopic (exact) mass is 402 g/mol. The fourth-order valence-electron chi connectivity index (χ4n) is 4.28. The molecule has 1 aromatic carbocycles. The third-order valence-corrected chi connectivity index (χ3v) is 6.68. The van der Waals surface area contributed by atoms with Crippen molar-refractivity contribution in [2.75, 3.05) is 18.1 Å². The fraction of sp³-hybridized carbons (Fsp3) is 0.421. The standard InChI is InChI=1S/C19H20Cl2N6/c20-13-5-3-4-12(15(13)21)16-17-18(26-25-16)24-14(10-22-17)27-9-8-19(23-11-27)6-1-2-7-19/h3-5,10,23H,1-2,6-9,11H2,(H,24,25,26). The summed E-state index contributed by atoms with van der Waals surface area (Å²) in [6, 6.07) is 5.51. The van der Waals surface area contributed by atoms with E-state index < -0.39 is 0 Å². The Labute approximate surface area is 167 Å². The molecule has 6 nitrogen and oxygen atoms in total. The molecule has 2 aromatic heterocycles. The Balaban J connectivity index is 1.43. The van der Waals surface area contributed by atoms with Crippen LogP contribution in [0, 0.1) is 0 Å². The van der Waals surface area contributed by atoms with E-state index in [0.29, 0.717) is 26.7 Å². The van der Waals surface area contributed by atoms with Crippen LogP contribution in [0.5, 0.6) is 0 Å². The van der Waals surface area contributed by atoms with Gasteiger partial charge in [0.25, 0.3) is 0 Å². The second-order valence-electron chi connectivity index (χ2n) is 7.44. The number of fused-ring (bicyclic) bond motifs is 1. The third kappa shape index (κ3) is 2.96. The summed E-state index contributed by atoms with van der Waals surface area (Å²) >= 11 is 12.5. The highest BCUT2D eigenvalue weighted by Gasteiger charge is 2.36. The number of benzene rings is 1. The first-order valence-corrected chi connectivity index (χ1v) is 10.1. The minimum atomic E-state index is 0.344. The van der Waals surface area contributed by atoms with Gasteiger partial charge in [0.15, 0.2) is 5.82 Å². The SMILES string of the molecule is Clc1cccc(-c2[nH]nc3nc(N4CCC5(CCCC5)NC4)cnc23)c1Cl. The summed E-state index contributed by atoms with van der Waals surface area (Å²) in [6.45, 7) is 1.79. The first-order chi connectivity index (χ1) is 13.2. The van der Waals surface area contributed by atoms with E-state index in [2.05, 4.69) is 25.4 Å². The van der Waals surface area contributed by atoms with Crippen LogP contribution in [0.2, 0.25) is 10.0 Å². The molecule has 0 radical (unpaired) electrons. The zero-order valence-corrected chi connectivity index (χ0v) is 16.3. The molecule has 3 aromatic rings. The summed E-state index contributed by atoms with van der Waals surface area (Å²) in [5.41, 5.74) is 3.13. The summed E-state index contributed by atoms with van der Waals surface area (Å²) < 4.78 is 0. The van der Waals surface area contributed by atoms with Crippen molar-refractivity contribution in [3.8, 4) is 11.3 Å². The van der Waals surface area contributed by atoms with Gasteiger partial charge >= 0.3 is 0 Å². The van der Waals surface area contributed by atoms with Crippen molar-refractivity contribution in [1.29, 1.82) is 0 Å². The molecule has 5 rings (SSSR count). The second kappa shape index (κ2) is 6.62. The molecule has 1 aliphatic heterocycles. The van der Waals surface area contributed by atoms with Gasteiger partial charge in [-0.3, -0.25) is 10.4 Å². The van der Waals surface area contributed by atoms with Gasteiger partial charge in [-0.25, -0.2) is 9.97 Å². The molecular weight excluding hydrogens is 383 g/mol. The average molecular weight is 403 g/mol. The first kappa shape index (κ1) is 17.2. The predicted molar refractivity (Wildman–Crippen MR) is 108 cm³/mol. The molecule has 27 heavy (non-hydrogen) atoms. The Kier molecular flexibility index (Phi) is 4.22. The Morgan fingerprint density at radius 2 is 1.96 bits per heavy atom. The number of hydrogen-bond donors (Lipinski definition) is 2. The van der Waals surface area contributed by atoms with E-state index in [-0.39, 0.29) is 0 Å². The summed E-state index contributed by atoms with van der Waals surface area (Å²) in [5, 5.41) is 12.1. The van der Waals surface area contributed by atoms with E-state index in [1.165, 1.54) is 25.7 Å². The zero-order chi connectivity index (χ0) is 18.4. The van der Waals surface area contributed by atoms with Gasteiger partial charge < -0.3 is 4.90 Å². The van der Waals surface area contributed by atoms with Gasteiger partial charge in [-0.15, -0.1) is 0 Å². The summed E-state index contributed by atoms with van der Waals surface area (Å²) in [4.78, 5) is 11.6. The lowest BCUT2D eigenvalue weighted by Crippen LogP contribution is -2.55. The van der Waals surface area contributed by atoms with Gasteiger partial charge in [-0.2, -0.15) is 5.10 Å². The Bertz CT molecular complexity index is 985. The van der Waals surface area contributed by atoms with Crippen molar-refractivity contribution >= 4 is 40.2 Å². The Morgan fingerprint density at radius 1 is 1.11 bits per heavy atom. The molecule has 8 heteroatoms. The van der Waals surface area contributed by atoms with Gasteiger partial charge in [-0.1, -0.05) is 48.2 Å². The topological polar surface area (TPSA) is 69.7 Å². The third-order valence-electron chi connectivity index (χ3n) is 5.86. The van der Waals surface area contributed by atoms with E-state index in [1.807, 2.05) is 18.3 Å². The minimum absolute atomic E-state index is 0.344. The van der Waals surface area contributed by atoms with Crippen LogP contribution in [0.25, 0.3) is 22.4 Å². The lowest BCUT2D eigenvalue weighted by molar-refractivity contribution is 0.276. The maximum atomic E-state index is 6.35. The van der Waals surface area contributed by atoms with E-state index in [9.17, 15) is 0 Å². The number of aromatic nitrogens is 4. The molecular formula is C19H20Cl2N6. The van der Waals surface area contributed by atoms with Gasteiger partial charge in [0.05, 0.1) is 28.6 Å². The molecule has 1 spiro atoms. The van der Waals surface area contributed by atoms with Gasteiger partial charge in [-0.05, 0) is 25.3 Å². The summed E-state index contributed by atoms with van der Waals surface area (Å²) in [7, 11) is 0. The molecule has 2 aliphatic rings. The zero-order valence-electron chi connectivity index (χ0n) is 14.8. The van der Waals surface area contributed by atoms with Crippen LogP contribution >= 0.6 is 23.2 Å². The van der Waals surface area contributed by atoms with Crippen LogP contribution in [-0.4, -0.2) is 38.9 Å². The number of anilines is 1. The van der Waals surface area contributed by atoms with Gasteiger partial charge in [0.1, 0.15) is 5.52 Å². The Morgan fingerprint density at radius 3 is 2.74 bits per heavy atom. The molecule has 2 N–H and O–H groups in total. The predicted octanol–water partition coefficient (Wildman–Crippen LogP) is 4.40.